The molecule has 0 spiro atoms. The lowest BCUT2D eigenvalue weighted by atomic mass is 9.94. The van der Waals surface area contributed by atoms with E-state index >= 15 is 0 Å². The molecule has 0 saturated heterocycles. The Morgan fingerprint density at radius 3 is 2.52 bits per heavy atom. The van der Waals surface area contributed by atoms with Gasteiger partial charge in [-0.3, -0.25) is 4.79 Å². The van der Waals surface area contributed by atoms with Gasteiger partial charge in [0.05, 0.1) is 5.56 Å². The number of aryl methyl sites for hydroxylation is 2. The molecule has 0 saturated carbocycles. The third kappa shape index (κ3) is 2.86. The highest BCUT2D eigenvalue weighted by molar-refractivity contribution is 6.22. The van der Waals surface area contributed by atoms with Crippen molar-refractivity contribution in [1.82, 2.24) is 4.57 Å². The van der Waals surface area contributed by atoms with E-state index in [1.54, 1.807) is 0 Å². The Morgan fingerprint density at radius 1 is 0.926 bits per heavy atom. The first-order valence-electron chi connectivity index (χ1n) is 9.79. The monoisotopic (exact) mass is 355 g/mol. The van der Waals surface area contributed by atoms with Gasteiger partial charge in [-0.25, -0.2) is 0 Å². The summed E-state index contributed by atoms with van der Waals surface area (Å²) in [5.74, 6) is 0.123. The second kappa shape index (κ2) is 7.03. The summed E-state index contributed by atoms with van der Waals surface area (Å²) in [5, 5.41) is 3.22. The highest BCUT2D eigenvalue weighted by atomic mass is 16.1. The third-order valence-electron chi connectivity index (χ3n) is 5.50. The van der Waals surface area contributed by atoms with Gasteiger partial charge in [-0.1, -0.05) is 68.4 Å². The van der Waals surface area contributed by atoms with Gasteiger partial charge in [0, 0.05) is 28.7 Å². The van der Waals surface area contributed by atoms with Gasteiger partial charge in [0.1, 0.15) is 0 Å². The van der Waals surface area contributed by atoms with Crippen LogP contribution in [0.15, 0.2) is 60.7 Å². The number of para-hydroxylation sites is 1. The van der Waals surface area contributed by atoms with Crippen molar-refractivity contribution in [1.29, 1.82) is 0 Å². The van der Waals surface area contributed by atoms with Gasteiger partial charge in [0.15, 0.2) is 5.78 Å². The molecule has 0 aliphatic carbocycles. The number of ketones is 1. The number of carbonyl (C=O) groups is 1. The van der Waals surface area contributed by atoms with Crippen LogP contribution in [0.25, 0.3) is 21.7 Å². The Morgan fingerprint density at radius 2 is 1.74 bits per heavy atom. The lowest BCUT2D eigenvalue weighted by Crippen LogP contribution is -2.06. The Bertz CT molecular complexity index is 1150. The van der Waals surface area contributed by atoms with Crippen molar-refractivity contribution in [3.63, 3.8) is 0 Å². The van der Waals surface area contributed by atoms with Gasteiger partial charge < -0.3 is 4.57 Å². The van der Waals surface area contributed by atoms with Crippen molar-refractivity contribution < 1.29 is 4.79 Å². The molecule has 1 heterocycles. The van der Waals surface area contributed by atoms with Crippen LogP contribution in [0.4, 0.5) is 0 Å². The van der Waals surface area contributed by atoms with Gasteiger partial charge >= 0.3 is 0 Å². The summed E-state index contributed by atoms with van der Waals surface area (Å²) < 4.78 is 2.28. The number of aromatic nitrogens is 1. The molecule has 0 radical (unpaired) electrons. The zero-order valence-electron chi connectivity index (χ0n) is 16.3. The van der Waals surface area contributed by atoms with Crippen molar-refractivity contribution in [2.24, 2.45) is 0 Å². The molecule has 3 aromatic carbocycles. The molecule has 0 atom stereocenters. The molecule has 0 bridgehead atoms. The molecule has 2 nitrogen and oxygen atoms in total. The summed E-state index contributed by atoms with van der Waals surface area (Å²) in [4.78, 5) is 13.7. The van der Waals surface area contributed by atoms with Gasteiger partial charge in [0.25, 0.3) is 0 Å². The fourth-order valence-corrected chi connectivity index (χ4v) is 4.10. The van der Waals surface area contributed by atoms with Crippen LogP contribution in [0.3, 0.4) is 0 Å². The summed E-state index contributed by atoms with van der Waals surface area (Å²) in [6, 6.07) is 20.7. The standard InChI is InChI=1S/C25H25NO/c1-4-15-26-17(3)24(21-10-6-7-12-23(21)26)25(27)20-11-8-9-19-14-13-18(5-2)16-22(19)20/h6-14,16H,4-5,15H2,1-3H3. The number of rotatable bonds is 5. The molecular formula is C25H25NO. The first-order chi connectivity index (χ1) is 13.2. The normalized spacial score (nSPS) is 11.4. The fraction of sp³-hybridized carbons (Fsp3) is 0.240. The Kier molecular flexibility index (Phi) is 4.57. The maximum absolute atomic E-state index is 13.7. The van der Waals surface area contributed by atoms with E-state index in [-0.39, 0.29) is 5.78 Å². The number of hydrogen-bond donors (Lipinski definition) is 0. The number of hydrogen-bond acceptors (Lipinski definition) is 1. The zero-order valence-corrected chi connectivity index (χ0v) is 16.3. The molecule has 0 N–H and O–H groups in total. The number of fused-ring (bicyclic) bond motifs is 2. The van der Waals surface area contributed by atoms with E-state index in [1.807, 2.05) is 24.3 Å². The predicted molar refractivity (Wildman–Crippen MR) is 114 cm³/mol. The van der Waals surface area contributed by atoms with Gasteiger partial charge in [-0.2, -0.15) is 0 Å². The smallest absolute Gasteiger partial charge is 0.196 e. The summed E-state index contributed by atoms with van der Waals surface area (Å²) in [5.41, 5.74) is 5.10. The van der Waals surface area contributed by atoms with Gasteiger partial charge in [-0.05, 0) is 42.2 Å². The second-order valence-corrected chi connectivity index (χ2v) is 7.17. The molecule has 1 aromatic heterocycles. The molecule has 0 aliphatic rings. The predicted octanol–water partition coefficient (Wildman–Crippen LogP) is 6.31. The number of carbonyl (C=O) groups excluding carboxylic acids is 1. The minimum atomic E-state index is 0.123. The largest absolute Gasteiger partial charge is 0.344 e. The first-order valence-corrected chi connectivity index (χ1v) is 9.79. The van der Waals surface area contributed by atoms with Crippen LogP contribution in [0, 0.1) is 6.92 Å². The molecule has 0 aliphatic heterocycles. The van der Waals surface area contributed by atoms with Crippen molar-refractivity contribution in [2.45, 2.75) is 40.2 Å². The molecule has 136 valence electrons. The average molecular weight is 355 g/mol. The highest BCUT2D eigenvalue weighted by Crippen LogP contribution is 2.31. The van der Waals surface area contributed by atoms with Crippen molar-refractivity contribution in [2.75, 3.05) is 0 Å². The maximum Gasteiger partial charge on any atom is 0.196 e. The quantitative estimate of drug-likeness (QED) is 0.385. The van der Waals surface area contributed by atoms with Gasteiger partial charge in [-0.15, -0.1) is 0 Å². The van der Waals surface area contributed by atoms with Crippen molar-refractivity contribution >= 4 is 27.5 Å². The second-order valence-electron chi connectivity index (χ2n) is 7.17. The lowest BCUT2D eigenvalue weighted by molar-refractivity contribution is 0.104. The zero-order chi connectivity index (χ0) is 19.0. The molecule has 0 fully saturated rings. The van der Waals surface area contributed by atoms with E-state index in [0.29, 0.717) is 0 Å². The van der Waals surface area contributed by atoms with Crippen LogP contribution < -0.4 is 0 Å². The molecule has 0 amide bonds. The molecule has 4 rings (SSSR count). The van der Waals surface area contributed by atoms with E-state index in [2.05, 4.69) is 61.7 Å². The molecular weight excluding hydrogens is 330 g/mol. The Balaban J connectivity index is 1.97. The third-order valence-corrected chi connectivity index (χ3v) is 5.50. The minimum Gasteiger partial charge on any atom is -0.344 e. The summed E-state index contributed by atoms with van der Waals surface area (Å²) >= 11 is 0. The summed E-state index contributed by atoms with van der Waals surface area (Å²) in [6.07, 6.45) is 2.01. The maximum atomic E-state index is 13.7. The van der Waals surface area contributed by atoms with Crippen LogP contribution in [-0.2, 0) is 13.0 Å². The first kappa shape index (κ1) is 17.5. The van der Waals surface area contributed by atoms with Gasteiger partial charge in [0.2, 0.25) is 0 Å². The molecule has 0 unspecified atom stereocenters. The van der Waals surface area contributed by atoms with E-state index < -0.39 is 0 Å². The van der Waals surface area contributed by atoms with Crippen LogP contribution in [0.1, 0.15) is 47.4 Å². The Hall–Kier alpha value is -2.87. The summed E-state index contributed by atoms with van der Waals surface area (Å²) in [6.45, 7) is 7.32. The highest BCUT2D eigenvalue weighted by Gasteiger charge is 2.22. The van der Waals surface area contributed by atoms with E-state index in [0.717, 1.165) is 57.9 Å². The minimum absolute atomic E-state index is 0.123. The average Bonchev–Trinajstić information content (AvgIpc) is 2.98. The Labute approximate surface area is 160 Å². The van der Waals surface area contributed by atoms with Crippen LogP contribution in [0.5, 0.6) is 0 Å². The van der Waals surface area contributed by atoms with E-state index in [9.17, 15) is 4.79 Å². The van der Waals surface area contributed by atoms with Crippen LogP contribution >= 0.6 is 0 Å². The van der Waals surface area contributed by atoms with Crippen molar-refractivity contribution in [3.05, 3.63) is 83.0 Å². The van der Waals surface area contributed by atoms with E-state index in [4.69, 9.17) is 0 Å². The van der Waals surface area contributed by atoms with Crippen LogP contribution in [0.2, 0.25) is 0 Å². The lowest BCUT2D eigenvalue weighted by Gasteiger charge is -2.09. The fourth-order valence-electron chi connectivity index (χ4n) is 4.10. The van der Waals surface area contributed by atoms with E-state index in [1.165, 1.54) is 5.56 Å². The number of benzene rings is 3. The SMILES string of the molecule is CCCn1c(C)c(C(=O)c2cccc3ccc(CC)cc23)c2ccccc21. The number of nitrogens with zero attached hydrogens (tertiary/aromatic N) is 1. The molecule has 27 heavy (non-hydrogen) atoms. The summed E-state index contributed by atoms with van der Waals surface area (Å²) in [7, 11) is 0. The molecule has 4 aromatic rings. The molecule has 2 heteroatoms. The van der Waals surface area contributed by atoms with Crippen molar-refractivity contribution in [3.8, 4) is 0 Å². The topological polar surface area (TPSA) is 22.0 Å². The van der Waals surface area contributed by atoms with Crippen LogP contribution in [-0.4, -0.2) is 10.4 Å².